The lowest BCUT2D eigenvalue weighted by molar-refractivity contribution is 1.18. The number of nitriles is 1. The molecule has 0 spiro atoms. The van der Waals surface area contributed by atoms with E-state index in [9.17, 15) is 5.26 Å². The highest BCUT2D eigenvalue weighted by molar-refractivity contribution is 6.18. The first-order valence-corrected chi connectivity index (χ1v) is 16.7. The molecule has 0 radical (unpaired) electrons. The number of hydrogen-bond donors (Lipinski definition) is 0. The summed E-state index contributed by atoms with van der Waals surface area (Å²) in [6, 6.07) is 48.0. The molecule has 0 aliphatic rings. The van der Waals surface area contributed by atoms with Crippen LogP contribution in [0.2, 0.25) is 0 Å². The van der Waals surface area contributed by atoms with E-state index in [4.69, 9.17) is 0 Å². The summed E-state index contributed by atoms with van der Waals surface area (Å²) < 4.78 is 2.47. The maximum absolute atomic E-state index is 10.5. The second kappa shape index (κ2) is 12.1. The van der Waals surface area contributed by atoms with Crippen LogP contribution in [0.25, 0.3) is 72.0 Å². The number of para-hydroxylation sites is 2. The number of fused-ring (bicyclic) bond motifs is 3. The fourth-order valence-corrected chi connectivity index (χ4v) is 7.51. The summed E-state index contributed by atoms with van der Waals surface area (Å²) >= 11 is 0. The molecule has 0 amide bonds. The summed E-state index contributed by atoms with van der Waals surface area (Å²) in [4.78, 5) is 4.28. The Kier molecular flexibility index (Phi) is 7.43. The number of benzene rings is 6. The minimum atomic E-state index is 0.624. The van der Waals surface area contributed by atoms with Crippen molar-refractivity contribution in [3.63, 3.8) is 0 Å². The van der Waals surface area contributed by atoms with Crippen LogP contribution in [0.15, 0.2) is 140 Å². The smallest absolute Gasteiger partial charge is 0.0998 e. The lowest BCUT2D eigenvalue weighted by Gasteiger charge is -2.20. The monoisotopic (exact) mass is 629 g/mol. The van der Waals surface area contributed by atoms with E-state index in [1.54, 1.807) is 12.4 Å². The van der Waals surface area contributed by atoms with Crippen molar-refractivity contribution in [2.75, 3.05) is 0 Å². The van der Waals surface area contributed by atoms with Gasteiger partial charge in [0.2, 0.25) is 0 Å². The van der Waals surface area contributed by atoms with Crippen LogP contribution in [0.3, 0.4) is 0 Å². The van der Waals surface area contributed by atoms with Gasteiger partial charge in [-0.1, -0.05) is 114 Å². The van der Waals surface area contributed by atoms with Gasteiger partial charge < -0.3 is 4.57 Å². The molecule has 49 heavy (non-hydrogen) atoms. The Hall–Kier alpha value is -6.24. The van der Waals surface area contributed by atoms with E-state index in [-0.39, 0.29) is 0 Å². The van der Waals surface area contributed by atoms with Gasteiger partial charge in [-0.3, -0.25) is 4.98 Å². The molecule has 0 saturated heterocycles. The molecule has 8 rings (SSSR count). The Labute approximate surface area is 287 Å². The molecule has 0 saturated carbocycles. The maximum Gasteiger partial charge on any atom is 0.0998 e. The summed E-state index contributed by atoms with van der Waals surface area (Å²) in [5.41, 5.74) is 17.5. The standard InChI is InChI=1S/C46H35N3/c1-29-16-18-36(31(3)24-29)38-12-8-14-40-41-15-9-13-39(37-19-17-30(2)25-32(37)4)46(41)49(45(38)40)44-27-42(34-20-22-48-23-21-34)35(28-47)26-43(44)33-10-6-5-7-11-33/h5-27H,1-4H3. The van der Waals surface area contributed by atoms with E-state index in [1.165, 1.54) is 55.3 Å². The normalized spacial score (nSPS) is 11.2. The van der Waals surface area contributed by atoms with Gasteiger partial charge in [0.25, 0.3) is 0 Å². The third-order valence-electron chi connectivity index (χ3n) is 9.73. The first-order chi connectivity index (χ1) is 23.9. The van der Waals surface area contributed by atoms with Crippen LogP contribution in [-0.4, -0.2) is 9.55 Å². The van der Waals surface area contributed by atoms with Gasteiger partial charge in [0.15, 0.2) is 0 Å². The molecule has 234 valence electrons. The van der Waals surface area contributed by atoms with Gasteiger partial charge in [-0.15, -0.1) is 0 Å². The average molecular weight is 630 g/mol. The molecule has 0 bridgehead atoms. The molecule has 0 fully saturated rings. The zero-order valence-corrected chi connectivity index (χ0v) is 28.1. The van der Waals surface area contributed by atoms with Crippen LogP contribution in [0.4, 0.5) is 0 Å². The third kappa shape index (κ3) is 5.10. The van der Waals surface area contributed by atoms with Crippen molar-refractivity contribution in [2.24, 2.45) is 0 Å². The van der Waals surface area contributed by atoms with E-state index < -0.39 is 0 Å². The Morgan fingerprint density at radius 1 is 0.490 bits per heavy atom. The van der Waals surface area contributed by atoms with Gasteiger partial charge in [-0.2, -0.15) is 5.26 Å². The Morgan fingerprint density at radius 3 is 1.57 bits per heavy atom. The molecular formula is C46H35N3. The van der Waals surface area contributed by atoms with Gasteiger partial charge in [-0.05, 0) is 85.3 Å². The number of pyridine rings is 1. The lowest BCUT2D eigenvalue weighted by Crippen LogP contribution is -2.02. The predicted octanol–water partition coefficient (Wildman–Crippen LogP) is 12.0. The Balaban J connectivity index is 1.61. The molecule has 3 heteroatoms. The third-order valence-corrected chi connectivity index (χ3v) is 9.73. The maximum atomic E-state index is 10.5. The van der Waals surface area contributed by atoms with Gasteiger partial charge in [-0.25, -0.2) is 0 Å². The minimum absolute atomic E-state index is 0.624. The highest BCUT2D eigenvalue weighted by atomic mass is 15.0. The van der Waals surface area contributed by atoms with E-state index in [0.29, 0.717) is 5.56 Å². The fraction of sp³-hybridized carbons (Fsp3) is 0.0870. The summed E-state index contributed by atoms with van der Waals surface area (Å²) in [6.07, 6.45) is 3.58. The second-order valence-corrected chi connectivity index (χ2v) is 13.0. The first kappa shape index (κ1) is 30.1. The highest BCUT2D eigenvalue weighted by Gasteiger charge is 2.24. The number of hydrogen-bond acceptors (Lipinski definition) is 2. The summed E-state index contributed by atoms with van der Waals surface area (Å²) in [5, 5.41) is 12.9. The van der Waals surface area contributed by atoms with Gasteiger partial charge in [0, 0.05) is 45.4 Å². The van der Waals surface area contributed by atoms with Crippen molar-refractivity contribution >= 4 is 21.8 Å². The zero-order valence-electron chi connectivity index (χ0n) is 28.1. The predicted molar refractivity (Wildman–Crippen MR) is 204 cm³/mol. The van der Waals surface area contributed by atoms with Crippen molar-refractivity contribution in [1.29, 1.82) is 5.26 Å². The quantitative estimate of drug-likeness (QED) is 0.190. The molecule has 3 nitrogen and oxygen atoms in total. The topological polar surface area (TPSA) is 41.6 Å². The molecule has 2 aromatic heterocycles. The lowest BCUT2D eigenvalue weighted by atomic mass is 9.93. The van der Waals surface area contributed by atoms with Crippen LogP contribution in [0.1, 0.15) is 27.8 Å². The van der Waals surface area contributed by atoms with Crippen LogP contribution in [0.5, 0.6) is 0 Å². The van der Waals surface area contributed by atoms with Gasteiger partial charge in [0.05, 0.1) is 28.4 Å². The van der Waals surface area contributed by atoms with E-state index in [0.717, 1.165) is 39.0 Å². The summed E-state index contributed by atoms with van der Waals surface area (Å²) in [7, 11) is 0. The molecule has 0 unspecified atom stereocenters. The molecule has 0 atom stereocenters. The molecule has 8 aromatic rings. The summed E-state index contributed by atoms with van der Waals surface area (Å²) in [5.74, 6) is 0. The highest BCUT2D eigenvalue weighted by Crippen LogP contribution is 2.46. The average Bonchev–Trinajstić information content (AvgIpc) is 3.47. The van der Waals surface area contributed by atoms with Crippen molar-refractivity contribution in [3.8, 4) is 56.3 Å². The molecule has 0 N–H and O–H groups in total. The van der Waals surface area contributed by atoms with E-state index in [2.05, 4.69) is 153 Å². The molecule has 0 aliphatic carbocycles. The molecular weight excluding hydrogens is 595 g/mol. The first-order valence-electron chi connectivity index (χ1n) is 16.7. The van der Waals surface area contributed by atoms with Crippen LogP contribution in [-0.2, 0) is 0 Å². The van der Waals surface area contributed by atoms with Crippen LogP contribution in [0, 0.1) is 39.0 Å². The fourth-order valence-electron chi connectivity index (χ4n) is 7.51. The summed E-state index contributed by atoms with van der Waals surface area (Å²) in [6.45, 7) is 8.70. The molecule has 6 aromatic carbocycles. The van der Waals surface area contributed by atoms with Gasteiger partial charge >= 0.3 is 0 Å². The Morgan fingerprint density at radius 2 is 1.04 bits per heavy atom. The number of aromatic nitrogens is 2. The zero-order chi connectivity index (χ0) is 33.6. The van der Waals surface area contributed by atoms with Crippen molar-refractivity contribution < 1.29 is 0 Å². The molecule has 0 aliphatic heterocycles. The SMILES string of the molecule is Cc1ccc(-c2cccc3c4cccc(-c5ccc(C)cc5C)c4n(-c4cc(-c5ccncc5)c(C#N)cc4-c4ccccc4)c23)c(C)c1. The largest absolute Gasteiger partial charge is 0.307 e. The number of nitrogens with zero attached hydrogens (tertiary/aromatic N) is 3. The van der Waals surface area contributed by atoms with Crippen molar-refractivity contribution in [2.45, 2.75) is 27.7 Å². The second-order valence-electron chi connectivity index (χ2n) is 13.0. The number of rotatable bonds is 5. The van der Waals surface area contributed by atoms with Crippen molar-refractivity contribution in [3.05, 3.63) is 168 Å². The van der Waals surface area contributed by atoms with E-state index in [1.807, 2.05) is 18.2 Å². The van der Waals surface area contributed by atoms with Crippen LogP contribution < -0.4 is 0 Å². The molecule has 2 heterocycles. The minimum Gasteiger partial charge on any atom is -0.307 e. The number of aryl methyl sites for hydroxylation is 4. The van der Waals surface area contributed by atoms with Crippen molar-refractivity contribution in [1.82, 2.24) is 9.55 Å². The van der Waals surface area contributed by atoms with Crippen LogP contribution >= 0.6 is 0 Å². The van der Waals surface area contributed by atoms with E-state index >= 15 is 0 Å². The van der Waals surface area contributed by atoms with Gasteiger partial charge in [0.1, 0.15) is 0 Å². The Bertz CT molecular complexity index is 2480.